The van der Waals surface area contributed by atoms with Gasteiger partial charge in [0, 0.05) is 57.7 Å². The van der Waals surface area contributed by atoms with Crippen molar-refractivity contribution in [2.24, 2.45) is 11.3 Å². The molecule has 0 radical (unpaired) electrons. The second kappa shape index (κ2) is 7.95. The smallest absolute Gasteiger partial charge is 0.248 e. The SMILES string of the molecule is COCC(=O)N1CCC2(CC1)CN(Cc1cccs1)C[C@@H]2COC. The maximum Gasteiger partial charge on any atom is 0.248 e. The molecule has 0 aromatic carbocycles. The van der Waals surface area contributed by atoms with E-state index in [0.29, 0.717) is 5.92 Å². The van der Waals surface area contributed by atoms with Gasteiger partial charge in [0.25, 0.3) is 0 Å². The molecule has 3 rings (SSSR count). The Balaban J connectivity index is 1.63. The van der Waals surface area contributed by atoms with E-state index < -0.39 is 0 Å². The van der Waals surface area contributed by atoms with Gasteiger partial charge in [-0.1, -0.05) is 6.07 Å². The number of methoxy groups -OCH3 is 2. The van der Waals surface area contributed by atoms with Crippen molar-refractivity contribution in [1.29, 1.82) is 0 Å². The van der Waals surface area contributed by atoms with Crippen molar-refractivity contribution in [3.63, 3.8) is 0 Å². The van der Waals surface area contributed by atoms with E-state index >= 15 is 0 Å². The average molecular weight is 353 g/mol. The summed E-state index contributed by atoms with van der Waals surface area (Å²) in [4.78, 5) is 18.0. The molecule has 1 spiro atoms. The predicted molar refractivity (Wildman–Crippen MR) is 95.1 cm³/mol. The number of ether oxygens (including phenoxy) is 2. The summed E-state index contributed by atoms with van der Waals surface area (Å²) in [6, 6.07) is 4.34. The molecule has 0 unspecified atom stereocenters. The lowest BCUT2D eigenvalue weighted by atomic mass is 9.71. The molecule has 2 aliphatic heterocycles. The quantitative estimate of drug-likeness (QED) is 0.786. The second-order valence-electron chi connectivity index (χ2n) is 7.08. The Morgan fingerprint density at radius 3 is 2.75 bits per heavy atom. The molecule has 6 heteroatoms. The van der Waals surface area contributed by atoms with E-state index in [4.69, 9.17) is 9.47 Å². The van der Waals surface area contributed by atoms with Crippen molar-refractivity contribution in [3.05, 3.63) is 22.4 Å². The summed E-state index contributed by atoms with van der Waals surface area (Å²) in [6.45, 7) is 5.94. The molecular weight excluding hydrogens is 324 g/mol. The fraction of sp³-hybridized carbons (Fsp3) is 0.722. The van der Waals surface area contributed by atoms with Gasteiger partial charge in [-0.15, -0.1) is 11.3 Å². The Labute approximate surface area is 148 Å². The molecule has 1 amide bonds. The molecule has 1 aromatic rings. The van der Waals surface area contributed by atoms with Gasteiger partial charge in [-0.25, -0.2) is 0 Å². The normalized spacial score (nSPS) is 23.9. The molecule has 24 heavy (non-hydrogen) atoms. The van der Waals surface area contributed by atoms with Gasteiger partial charge in [0.2, 0.25) is 5.91 Å². The fourth-order valence-corrected chi connectivity index (χ4v) is 5.05. The number of hydrogen-bond donors (Lipinski definition) is 0. The summed E-state index contributed by atoms with van der Waals surface area (Å²) in [7, 11) is 3.38. The minimum Gasteiger partial charge on any atom is -0.384 e. The topological polar surface area (TPSA) is 42.0 Å². The molecule has 2 fully saturated rings. The number of thiophene rings is 1. The van der Waals surface area contributed by atoms with Crippen LogP contribution < -0.4 is 0 Å². The van der Waals surface area contributed by atoms with Gasteiger partial charge < -0.3 is 14.4 Å². The van der Waals surface area contributed by atoms with Crippen molar-refractivity contribution in [3.8, 4) is 0 Å². The van der Waals surface area contributed by atoms with Crippen molar-refractivity contribution in [1.82, 2.24) is 9.80 Å². The van der Waals surface area contributed by atoms with Gasteiger partial charge in [-0.2, -0.15) is 0 Å². The minimum absolute atomic E-state index is 0.115. The van der Waals surface area contributed by atoms with E-state index in [2.05, 4.69) is 22.4 Å². The number of carbonyl (C=O) groups is 1. The number of likely N-dealkylation sites (tertiary alicyclic amines) is 2. The lowest BCUT2D eigenvalue weighted by molar-refractivity contribution is -0.138. The van der Waals surface area contributed by atoms with Crippen molar-refractivity contribution in [2.75, 3.05) is 53.6 Å². The summed E-state index contributed by atoms with van der Waals surface area (Å²) in [5, 5.41) is 2.15. The number of hydrogen-bond acceptors (Lipinski definition) is 5. The van der Waals surface area contributed by atoms with Crippen molar-refractivity contribution < 1.29 is 14.3 Å². The maximum absolute atomic E-state index is 12.1. The van der Waals surface area contributed by atoms with Crippen LogP contribution in [-0.4, -0.2) is 69.3 Å². The summed E-state index contributed by atoms with van der Waals surface area (Å²) in [5.74, 6) is 0.672. The maximum atomic E-state index is 12.1. The zero-order chi connectivity index (χ0) is 17.0. The monoisotopic (exact) mass is 352 g/mol. The highest BCUT2D eigenvalue weighted by molar-refractivity contribution is 7.09. The summed E-state index contributed by atoms with van der Waals surface area (Å²) >= 11 is 1.83. The lowest BCUT2D eigenvalue weighted by Gasteiger charge is -2.42. The summed E-state index contributed by atoms with van der Waals surface area (Å²) in [5.41, 5.74) is 0.289. The van der Waals surface area contributed by atoms with Gasteiger partial charge in [0.15, 0.2) is 0 Å². The molecule has 0 N–H and O–H groups in total. The van der Waals surface area contributed by atoms with Crippen LogP contribution in [0.1, 0.15) is 17.7 Å². The van der Waals surface area contributed by atoms with Crippen LogP contribution in [0, 0.1) is 11.3 Å². The van der Waals surface area contributed by atoms with E-state index in [9.17, 15) is 4.79 Å². The first kappa shape index (κ1) is 17.9. The van der Waals surface area contributed by atoms with Crippen LogP contribution in [0.15, 0.2) is 17.5 Å². The van der Waals surface area contributed by atoms with E-state index in [1.54, 1.807) is 14.2 Å². The van der Waals surface area contributed by atoms with Gasteiger partial charge in [0.1, 0.15) is 6.61 Å². The third kappa shape index (κ3) is 3.82. The Kier molecular flexibility index (Phi) is 5.92. The summed E-state index contributed by atoms with van der Waals surface area (Å²) < 4.78 is 10.5. The highest BCUT2D eigenvalue weighted by Crippen LogP contribution is 2.45. The number of nitrogens with zero attached hydrogens (tertiary/aromatic N) is 2. The number of carbonyl (C=O) groups excluding carboxylic acids is 1. The van der Waals surface area contributed by atoms with Crippen LogP contribution >= 0.6 is 11.3 Å². The first-order valence-corrected chi connectivity index (χ1v) is 9.55. The molecular formula is C18H28N2O3S. The Morgan fingerprint density at radius 1 is 1.33 bits per heavy atom. The van der Waals surface area contributed by atoms with Crippen LogP contribution in [0.25, 0.3) is 0 Å². The third-order valence-corrected chi connectivity index (χ3v) is 6.45. The molecule has 0 aliphatic carbocycles. The van der Waals surface area contributed by atoms with Gasteiger partial charge in [-0.05, 0) is 29.7 Å². The number of rotatable bonds is 6. The van der Waals surface area contributed by atoms with E-state index in [0.717, 1.165) is 52.2 Å². The van der Waals surface area contributed by atoms with Crippen molar-refractivity contribution >= 4 is 17.2 Å². The van der Waals surface area contributed by atoms with E-state index in [1.807, 2.05) is 16.2 Å². The molecule has 5 nitrogen and oxygen atoms in total. The fourth-order valence-electron chi connectivity index (χ4n) is 4.30. The van der Waals surface area contributed by atoms with E-state index in [1.165, 1.54) is 4.88 Å². The molecule has 2 saturated heterocycles. The zero-order valence-electron chi connectivity index (χ0n) is 14.7. The molecule has 0 bridgehead atoms. The lowest BCUT2D eigenvalue weighted by Crippen LogP contribution is -2.48. The van der Waals surface area contributed by atoms with Crippen LogP contribution in [-0.2, 0) is 20.8 Å². The Morgan fingerprint density at radius 2 is 2.12 bits per heavy atom. The number of piperidine rings is 1. The first-order valence-electron chi connectivity index (χ1n) is 8.67. The van der Waals surface area contributed by atoms with Crippen LogP contribution in [0.5, 0.6) is 0 Å². The van der Waals surface area contributed by atoms with E-state index in [-0.39, 0.29) is 17.9 Å². The largest absolute Gasteiger partial charge is 0.384 e. The molecule has 134 valence electrons. The molecule has 1 atom stereocenters. The highest BCUT2D eigenvalue weighted by Gasteiger charge is 2.48. The summed E-state index contributed by atoms with van der Waals surface area (Å²) in [6.07, 6.45) is 2.13. The van der Waals surface area contributed by atoms with Gasteiger partial charge in [-0.3, -0.25) is 9.69 Å². The molecule has 3 heterocycles. The van der Waals surface area contributed by atoms with Crippen LogP contribution in [0.2, 0.25) is 0 Å². The average Bonchev–Trinajstić information content (AvgIpc) is 3.18. The molecule has 2 aliphatic rings. The highest BCUT2D eigenvalue weighted by atomic mass is 32.1. The Bertz CT molecular complexity index is 526. The zero-order valence-corrected chi connectivity index (χ0v) is 15.5. The minimum atomic E-state index is 0.115. The predicted octanol–water partition coefficient (Wildman–Crippen LogP) is 2.08. The van der Waals surface area contributed by atoms with Gasteiger partial charge in [0.05, 0.1) is 6.61 Å². The number of amides is 1. The van der Waals surface area contributed by atoms with Gasteiger partial charge >= 0.3 is 0 Å². The van der Waals surface area contributed by atoms with Crippen LogP contribution in [0.3, 0.4) is 0 Å². The van der Waals surface area contributed by atoms with Crippen LogP contribution in [0.4, 0.5) is 0 Å². The standard InChI is InChI=1S/C18H28N2O3S/c1-22-12-15-10-19(11-16-4-3-9-24-16)14-18(15)5-7-20(8-6-18)17(21)13-23-2/h3-4,9,15H,5-8,10-14H2,1-2H3/t15-/m1/s1. The van der Waals surface area contributed by atoms with Crippen molar-refractivity contribution in [2.45, 2.75) is 19.4 Å². The molecule has 0 saturated carbocycles. The third-order valence-electron chi connectivity index (χ3n) is 5.59. The Hall–Kier alpha value is -0.950. The first-order chi connectivity index (χ1) is 11.7. The molecule has 1 aromatic heterocycles. The second-order valence-corrected chi connectivity index (χ2v) is 8.11.